The second-order valence-electron chi connectivity index (χ2n) is 8.40. The molecule has 1 aromatic carbocycles. The average Bonchev–Trinajstić information content (AvgIpc) is 3.43. The number of nitrogens with zero attached hydrogens (tertiary/aromatic N) is 4. The molecule has 2 saturated heterocycles. The number of carbonyl (C=O) groups is 2. The van der Waals surface area contributed by atoms with Crippen molar-refractivity contribution in [2.75, 3.05) is 39.4 Å². The van der Waals surface area contributed by atoms with Crippen molar-refractivity contribution in [3.63, 3.8) is 0 Å². The Morgan fingerprint density at radius 3 is 2.60 bits per heavy atom. The highest BCUT2D eigenvalue weighted by Crippen LogP contribution is 2.46. The topological polar surface area (TPSA) is 91.4 Å². The van der Waals surface area contributed by atoms with Crippen LogP contribution in [0.15, 0.2) is 30.3 Å². The van der Waals surface area contributed by atoms with Gasteiger partial charge < -0.3 is 14.5 Å². The number of hydrogen-bond donors (Lipinski definition) is 1. The molecule has 4 rings (SSSR count). The maximum absolute atomic E-state index is 13.0. The quantitative estimate of drug-likeness (QED) is 0.749. The van der Waals surface area contributed by atoms with Gasteiger partial charge in [0, 0.05) is 44.1 Å². The maximum atomic E-state index is 13.0. The number of benzene rings is 1. The lowest BCUT2D eigenvalue weighted by Gasteiger charge is -2.29. The maximum Gasteiger partial charge on any atom is 0.276 e. The molecule has 2 aromatic rings. The van der Waals surface area contributed by atoms with Crippen molar-refractivity contribution < 1.29 is 14.3 Å². The molecule has 0 bridgehead atoms. The number of aromatic amines is 1. The normalized spacial score (nSPS) is 23.1. The third kappa shape index (κ3) is 3.96. The zero-order valence-corrected chi connectivity index (χ0v) is 17.6. The third-order valence-corrected chi connectivity index (χ3v) is 6.51. The Kier molecular flexibility index (Phi) is 5.85. The number of nitrogens with one attached hydrogen (secondary N) is 1. The zero-order chi connectivity index (χ0) is 21.1. The minimum atomic E-state index is -0.106. The number of ether oxygens (including phenoxy) is 1. The van der Waals surface area contributed by atoms with Crippen LogP contribution in [0.3, 0.4) is 0 Å². The van der Waals surface area contributed by atoms with Crippen molar-refractivity contribution in [2.24, 2.45) is 11.3 Å². The summed E-state index contributed by atoms with van der Waals surface area (Å²) in [7, 11) is 0. The molecule has 0 unspecified atom stereocenters. The predicted octanol–water partition coefficient (Wildman–Crippen LogP) is 1.68. The second kappa shape index (κ2) is 8.55. The summed E-state index contributed by atoms with van der Waals surface area (Å²) in [5.41, 5.74) is 2.17. The predicted molar refractivity (Wildman–Crippen MR) is 111 cm³/mol. The molecule has 2 amide bonds. The molecule has 8 heteroatoms. The fraction of sp³-hybridized carbons (Fsp3) is 0.545. The van der Waals surface area contributed by atoms with Crippen molar-refractivity contribution in [1.82, 2.24) is 25.2 Å². The van der Waals surface area contributed by atoms with Crippen LogP contribution in [-0.4, -0.2) is 76.4 Å². The molecule has 2 aliphatic heterocycles. The second-order valence-corrected chi connectivity index (χ2v) is 8.40. The smallest absolute Gasteiger partial charge is 0.276 e. The largest absolute Gasteiger partial charge is 0.372 e. The molecule has 160 valence electrons. The summed E-state index contributed by atoms with van der Waals surface area (Å²) in [5.74, 6) is 0.209. The van der Waals surface area contributed by atoms with Crippen LogP contribution in [0.25, 0.3) is 0 Å². The number of H-pyrrole nitrogens is 1. The summed E-state index contributed by atoms with van der Waals surface area (Å²) in [6.07, 6.45) is 1.86. The Morgan fingerprint density at radius 2 is 1.90 bits per heavy atom. The number of aryl methyl sites for hydroxylation is 2. The van der Waals surface area contributed by atoms with Gasteiger partial charge in [-0.25, -0.2) is 0 Å². The summed E-state index contributed by atoms with van der Waals surface area (Å²) < 4.78 is 5.34. The van der Waals surface area contributed by atoms with Gasteiger partial charge >= 0.3 is 0 Å². The molecular formula is C22H29N5O3. The van der Waals surface area contributed by atoms with E-state index in [2.05, 4.69) is 39.7 Å². The van der Waals surface area contributed by atoms with E-state index >= 15 is 0 Å². The summed E-state index contributed by atoms with van der Waals surface area (Å²) >= 11 is 0. The highest BCUT2D eigenvalue weighted by molar-refractivity contribution is 5.93. The number of carbonyl (C=O) groups excluding carboxylic acids is 2. The summed E-state index contributed by atoms with van der Waals surface area (Å²) in [4.78, 5) is 29.5. The molecule has 0 saturated carbocycles. The van der Waals surface area contributed by atoms with Crippen LogP contribution in [0.5, 0.6) is 0 Å². The van der Waals surface area contributed by atoms with Gasteiger partial charge in [-0.15, -0.1) is 0 Å². The monoisotopic (exact) mass is 411 g/mol. The third-order valence-electron chi connectivity index (χ3n) is 6.51. The van der Waals surface area contributed by atoms with Gasteiger partial charge in [-0.3, -0.25) is 9.59 Å². The average molecular weight is 412 g/mol. The van der Waals surface area contributed by atoms with Crippen LogP contribution in [-0.2, 0) is 16.0 Å². The van der Waals surface area contributed by atoms with Gasteiger partial charge in [0.1, 0.15) is 6.61 Å². The van der Waals surface area contributed by atoms with Crippen LogP contribution in [0.2, 0.25) is 0 Å². The van der Waals surface area contributed by atoms with Gasteiger partial charge in [0.25, 0.3) is 5.91 Å². The number of amides is 2. The van der Waals surface area contributed by atoms with Crippen molar-refractivity contribution in [3.05, 3.63) is 47.3 Å². The van der Waals surface area contributed by atoms with E-state index in [-0.39, 0.29) is 29.8 Å². The number of fused-ring (bicyclic) bond motifs is 1. The lowest BCUT2D eigenvalue weighted by molar-refractivity contribution is -0.135. The molecule has 3 heterocycles. The van der Waals surface area contributed by atoms with Crippen molar-refractivity contribution in [3.8, 4) is 0 Å². The van der Waals surface area contributed by atoms with Gasteiger partial charge in [0.15, 0.2) is 5.69 Å². The fourth-order valence-electron chi connectivity index (χ4n) is 4.84. The minimum Gasteiger partial charge on any atom is -0.372 e. The van der Waals surface area contributed by atoms with E-state index < -0.39 is 0 Å². The van der Waals surface area contributed by atoms with Gasteiger partial charge in [-0.05, 0) is 32.3 Å². The Labute approximate surface area is 176 Å². The first-order valence-electron chi connectivity index (χ1n) is 10.6. The van der Waals surface area contributed by atoms with E-state index in [4.69, 9.17) is 4.74 Å². The molecule has 2 aliphatic rings. The molecule has 0 radical (unpaired) electrons. The molecule has 2 atom stereocenters. The molecule has 1 N–H and O–H groups in total. The van der Waals surface area contributed by atoms with Crippen molar-refractivity contribution >= 4 is 11.8 Å². The van der Waals surface area contributed by atoms with Crippen molar-refractivity contribution in [2.45, 2.75) is 26.7 Å². The van der Waals surface area contributed by atoms with Gasteiger partial charge in [-0.1, -0.05) is 30.3 Å². The highest BCUT2D eigenvalue weighted by atomic mass is 16.5. The fourth-order valence-corrected chi connectivity index (χ4v) is 4.84. The number of hydrogen-bond acceptors (Lipinski definition) is 5. The Balaban J connectivity index is 1.51. The first-order valence-corrected chi connectivity index (χ1v) is 10.6. The van der Waals surface area contributed by atoms with Crippen LogP contribution in [0.1, 0.15) is 35.1 Å². The Hall–Kier alpha value is -2.74. The number of likely N-dealkylation sites (tertiary alicyclic amines) is 2. The number of rotatable bonds is 7. The van der Waals surface area contributed by atoms with Crippen LogP contribution >= 0.6 is 0 Å². The van der Waals surface area contributed by atoms with E-state index in [1.165, 1.54) is 5.56 Å². The van der Waals surface area contributed by atoms with E-state index in [0.29, 0.717) is 44.2 Å². The van der Waals surface area contributed by atoms with Gasteiger partial charge in [-0.2, -0.15) is 15.4 Å². The summed E-state index contributed by atoms with van der Waals surface area (Å²) in [5, 5.41) is 10.6. The Bertz CT molecular complexity index is 899. The standard InChI is InChI=1S/C22H29N5O3/c1-3-30-13-19(28)26-11-18-12-27(21(29)20-16(2)23-25-24-20)15-22(18,14-26)10-9-17-7-5-4-6-8-17/h4-8,18H,3,9-15H2,1-2H3,(H,23,24,25)/t18-,22+/m1/s1. The van der Waals surface area contributed by atoms with Gasteiger partial charge in [0.05, 0.1) is 5.69 Å². The van der Waals surface area contributed by atoms with Crippen molar-refractivity contribution in [1.29, 1.82) is 0 Å². The molecule has 1 aromatic heterocycles. The highest BCUT2D eigenvalue weighted by Gasteiger charge is 2.54. The lowest BCUT2D eigenvalue weighted by Crippen LogP contribution is -2.40. The molecule has 30 heavy (non-hydrogen) atoms. The van der Waals surface area contributed by atoms with E-state index in [0.717, 1.165) is 12.8 Å². The zero-order valence-electron chi connectivity index (χ0n) is 17.6. The first-order chi connectivity index (χ1) is 14.5. The van der Waals surface area contributed by atoms with E-state index in [1.807, 2.05) is 22.8 Å². The SMILES string of the molecule is CCOCC(=O)N1C[C@@H]2CN(C(=O)c3n[nH]nc3C)C[C@]2(CCc2ccccc2)C1. The molecule has 0 aliphatic carbocycles. The molecular weight excluding hydrogens is 382 g/mol. The molecule has 8 nitrogen and oxygen atoms in total. The molecule has 2 fully saturated rings. The van der Waals surface area contributed by atoms with Crippen LogP contribution < -0.4 is 0 Å². The lowest BCUT2D eigenvalue weighted by atomic mass is 9.76. The Morgan fingerprint density at radius 1 is 1.17 bits per heavy atom. The minimum absolute atomic E-state index is 0.0376. The van der Waals surface area contributed by atoms with E-state index in [9.17, 15) is 9.59 Å². The van der Waals surface area contributed by atoms with Gasteiger partial charge in [0.2, 0.25) is 5.91 Å². The first kappa shape index (κ1) is 20.5. The van der Waals surface area contributed by atoms with Crippen LogP contribution in [0, 0.1) is 18.3 Å². The number of aromatic nitrogens is 3. The van der Waals surface area contributed by atoms with Crippen LogP contribution in [0.4, 0.5) is 0 Å². The molecule has 0 spiro atoms. The summed E-state index contributed by atoms with van der Waals surface area (Å²) in [6, 6.07) is 10.4. The van der Waals surface area contributed by atoms with E-state index in [1.54, 1.807) is 6.92 Å². The summed E-state index contributed by atoms with van der Waals surface area (Å²) in [6.45, 7) is 6.93.